The number of hydrogen-bond donors (Lipinski definition) is 1. The summed E-state index contributed by atoms with van der Waals surface area (Å²) in [5, 5.41) is 9.65. The number of rotatable bonds is 14. The Kier molecular flexibility index (Phi) is 12.7. The third-order valence-corrected chi connectivity index (χ3v) is 6.48. The fourth-order valence-electron chi connectivity index (χ4n) is 3.49. The molecule has 1 rings (SSSR count). The van der Waals surface area contributed by atoms with Gasteiger partial charge in [0, 0.05) is 6.54 Å². The van der Waals surface area contributed by atoms with Crippen LogP contribution in [0.25, 0.3) is 0 Å². The van der Waals surface area contributed by atoms with Crippen LogP contribution in [0.3, 0.4) is 0 Å². The number of aliphatic carboxylic acids is 1. The van der Waals surface area contributed by atoms with E-state index in [0.717, 1.165) is 25.9 Å². The lowest BCUT2D eigenvalue weighted by atomic mass is 9.98. The third kappa shape index (κ3) is 9.93. The smallest absolute Gasteiger partial charge is 0.307 e. The molecule has 0 spiro atoms. The van der Waals surface area contributed by atoms with Crippen LogP contribution in [0.15, 0.2) is 0 Å². The van der Waals surface area contributed by atoms with Gasteiger partial charge in [-0.1, -0.05) is 64.7 Å². The molecular weight excluding hydrogens is 318 g/mol. The minimum absolute atomic E-state index is 0.154. The van der Waals surface area contributed by atoms with Gasteiger partial charge in [0.25, 0.3) is 0 Å². The lowest BCUT2D eigenvalue weighted by Gasteiger charge is -2.34. The minimum atomic E-state index is -0.619. The molecule has 3 nitrogen and oxygen atoms in total. The predicted octanol–water partition coefficient (Wildman–Crippen LogP) is 5.78. The Balaban J connectivity index is 1.94. The molecule has 0 aromatic heterocycles. The molecule has 4 heteroatoms. The minimum Gasteiger partial charge on any atom is -0.481 e. The monoisotopic (exact) mass is 357 g/mol. The van der Waals surface area contributed by atoms with Crippen molar-refractivity contribution in [1.82, 2.24) is 4.90 Å². The molecule has 0 aromatic rings. The van der Waals surface area contributed by atoms with E-state index in [1.54, 1.807) is 0 Å². The number of nitrogens with zero attached hydrogens (tertiary/aromatic N) is 1. The summed E-state index contributed by atoms with van der Waals surface area (Å²) in [6, 6.07) is 0. The maximum atomic E-state index is 11.1. The Morgan fingerprint density at radius 2 is 1.67 bits per heavy atom. The van der Waals surface area contributed by atoms with Crippen LogP contribution in [-0.2, 0) is 4.79 Å². The van der Waals surface area contributed by atoms with Gasteiger partial charge < -0.3 is 5.11 Å². The quantitative estimate of drug-likeness (QED) is 0.400. The second-order valence-corrected chi connectivity index (χ2v) is 8.75. The second kappa shape index (κ2) is 14.0. The summed E-state index contributed by atoms with van der Waals surface area (Å²) in [6.45, 7) is 6.32. The lowest BCUT2D eigenvalue weighted by molar-refractivity contribution is -0.143. The van der Waals surface area contributed by atoms with Gasteiger partial charge in [0.15, 0.2) is 0 Å². The third-order valence-electron chi connectivity index (χ3n) is 5.17. The molecule has 2 unspecified atom stereocenters. The predicted molar refractivity (Wildman–Crippen MR) is 106 cm³/mol. The highest BCUT2D eigenvalue weighted by molar-refractivity contribution is 7.99. The van der Waals surface area contributed by atoms with Crippen molar-refractivity contribution in [2.45, 2.75) is 96.3 Å². The van der Waals surface area contributed by atoms with Crippen molar-refractivity contribution in [3.8, 4) is 0 Å². The number of likely N-dealkylation sites (tertiary alicyclic amines) is 1. The molecule has 142 valence electrons. The van der Waals surface area contributed by atoms with E-state index in [9.17, 15) is 9.90 Å². The van der Waals surface area contributed by atoms with Crippen molar-refractivity contribution in [1.29, 1.82) is 0 Å². The van der Waals surface area contributed by atoms with Gasteiger partial charge in [-0.15, -0.1) is 11.8 Å². The highest BCUT2D eigenvalue weighted by atomic mass is 32.2. The highest BCUT2D eigenvalue weighted by Crippen LogP contribution is 2.24. The maximum absolute atomic E-state index is 11.1. The van der Waals surface area contributed by atoms with Crippen molar-refractivity contribution in [2.75, 3.05) is 18.8 Å². The first-order valence-corrected chi connectivity index (χ1v) is 11.3. The molecule has 0 bridgehead atoms. The number of carbonyl (C=O) groups is 1. The van der Waals surface area contributed by atoms with Crippen molar-refractivity contribution < 1.29 is 9.90 Å². The van der Waals surface area contributed by atoms with E-state index in [1.807, 2.05) is 11.8 Å². The van der Waals surface area contributed by atoms with Crippen LogP contribution in [0, 0.1) is 5.92 Å². The Labute approximate surface area is 154 Å². The molecule has 2 atom stereocenters. The van der Waals surface area contributed by atoms with Crippen LogP contribution < -0.4 is 0 Å². The van der Waals surface area contributed by atoms with Crippen molar-refractivity contribution in [2.24, 2.45) is 5.92 Å². The van der Waals surface area contributed by atoms with Crippen LogP contribution in [0.2, 0.25) is 0 Å². The molecule has 1 fully saturated rings. The van der Waals surface area contributed by atoms with Crippen molar-refractivity contribution in [3.63, 3.8) is 0 Å². The average molecular weight is 358 g/mol. The van der Waals surface area contributed by atoms with Crippen LogP contribution in [-0.4, -0.2) is 40.2 Å². The molecular formula is C20H39NO2S. The summed E-state index contributed by atoms with van der Waals surface area (Å²) in [7, 11) is 0. The van der Waals surface area contributed by atoms with Gasteiger partial charge in [-0.25, -0.2) is 0 Å². The first-order valence-electron chi connectivity index (χ1n) is 10.2. The molecule has 1 heterocycles. The first-order chi connectivity index (χ1) is 11.6. The molecule has 1 saturated heterocycles. The fourth-order valence-corrected chi connectivity index (χ4v) is 4.60. The van der Waals surface area contributed by atoms with Gasteiger partial charge in [0.05, 0.1) is 11.3 Å². The Bertz CT molecular complexity index is 325. The number of thioether (sulfide) groups is 1. The van der Waals surface area contributed by atoms with Gasteiger partial charge in [-0.2, -0.15) is 0 Å². The van der Waals surface area contributed by atoms with Gasteiger partial charge >= 0.3 is 5.97 Å². The Morgan fingerprint density at radius 3 is 2.25 bits per heavy atom. The summed E-state index contributed by atoms with van der Waals surface area (Å²) in [6.07, 6.45) is 15.7. The zero-order valence-corrected chi connectivity index (χ0v) is 16.8. The number of carboxylic acid groups (broad SMARTS) is 1. The fraction of sp³-hybridized carbons (Fsp3) is 0.950. The van der Waals surface area contributed by atoms with Crippen molar-refractivity contribution in [3.05, 3.63) is 0 Å². The van der Waals surface area contributed by atoms with E-state index in [-0.39, 0.29) is 5.92 Å². The Morgan fingerprint density at radius 1 is 1.08 bits per heavy atom. The Hall–Kier alpha value is -0.220. The van der Waals surface area contributed by atoms with E-state index in [2.05, 4.69) is 18.7 Å². The van der Waals surface area contributed by atoms with Crippen LogP contribution >= 0.6 is 11.8 Å². The molecule has 1 aliphatic rings. The summed E-state index contributed by atoms with van der Waals surface area (Å²) >= 11 is 2.01. The summed E-state index contributed by atoms with van der Waals surface area (Å²) < 4.78 is 0. The maximum Gasteiger partial charge on any atom is 0.307 e. The molecule has 0 saturated carbocycles. The number of hydrogen-bond acceptors (Lipinski definition) is 3. The standard InChI is InChI=1S/C20H39NO2S/c1-3-4-5-6-7-8-9-10-11-12-16-24-18(2)21-15-13-14-19(17-21)20(22)23/h18-19H,3-17H2,1-2H3,(H,22,23). The highest BCUT2D eigenvalue weighted by Gasteiger charge is 2.27. The lowest BCUT2D eigenvalue weighted by Crippen LogP contribution is -2.42. The van der Waals surface area contributed by atoms with Crippen LogP contribution in [0.5, 0.6) is 0 Å². The van der Waals surface area contributed by atoms with E-state index < -0.39 is 5.97 Å². The molecule has 24 heavy (non-hydrogen) atoms. The number of carboxylic acids is 1. The SMILES string of the molecule is CCCCCCCCCCCCSC(C)N1CCCC(C(=O)O)C1. The zero-order valence-electron chi connectivity index (χ0n) is 16.0. The van der Waals surface area contributed by atoms with E-state index >= 15 is 0 Å². The van der Waals surface area contributed by atoms with Crippen molar-refractivity contribution >= 4 is 17.7 Å². The van der Waals surface area contributed by atoms with Gasteiger partial charge in [-0.3, -0.25) is 9.69 Å². The molecule has 0 amide bonds. The molecule has 0 radical (unpaired) electrons. The molecule has 0 aliphatic carbocycles. The van der Waals surface area contributed by atoms with E-state index in [1.165, 1.54) is 70.0 Å². The largest absolute Gasteiger partial charge is 0.481 e. The van der Waals surface area contributed by atoms with Gasteiger partial charge in [0.2, 0.25) is 0 Å². The first kappa shape index (κ1) is 21.8. The second-order valence-electron chi connectivity index (χ2n) is 7.32. The van der Waals surface area contributed by atoms with Gasteiger partial charge in [-0.05, 0) is 38.5 Å². The molecule has 1 aliphatic heterocycles. The normalized spacial score (nSPS) is 20.2. The average Bonchev–Trinajstić information content (AvgIpc) is 2.59. The van der Waals surface area contributed by atoms with Gasteiger partial charge in [0.1, 0.15) is 0 Å². The topological polar surface area (TPSA) is 40.5 Å². The number of piperidine rings is 1. The summed E-state index contributed by atoms with van der Waals surface area (Å²) in [5.41, 5.74) is 0. The summed E-state index contributed by atoms with van der Waals surface area (Å²) in [4.78, 5) is 13.5. The molecule has 1 N–H and O–H groups in total. The summed E-state index contributed by atoms with van der Waals surface area (Å²) in [5.74, 6) is 0.442. The zero-order chi connectivity index (χ0) is 17.6. The van der Waals surface area contributed by atoms with E-state index in [4.69, 9.17) is 0 Å². The molecule has 0 aromatic carbocycles. The number of unbranched alkanes of at least 4 members (excludes halogenated alkanes) is 9. The van der Waals surface area contributed by atoms with Crippen LogP contribution in [0.1, 0.15) is 90.9 Å². The van der Waals surface area contributed by atoms with E-state index in [0.29, 0.717) is 5.37 Å². The van der Waals surface area contributed by atoms with Crippen LogP contribution in [0.4, 0.5) is 0 Å².